The van der Waals surface area contributed by atoms with E-state index in [0.717, 1.165) is 25.7 Å². The fraction of sp³-hybridized carbons (Fsp3) is 0.769. The maximum atomic E-state index is 11.8. The molecule has 1 rings (SSSR count). The molecule has 1 saturated carbocycles. The Hall–Kier alpha value is -1.57. The van der Waals surface area contributed by atoms with Crippen molar-refractivity contribution in [2.75, 3.05) is 0 Å². The van der Waals surface area contributed by atoms with Gasteiger partial charge in [0.05, 0.1) is 6.07 Å². The third-order valence-corrected chi connectivity index (χ3v) is 3.51. The molecule has 0 unspecified atom stereocenters. The molecule has 5 nitrogen and oxygen atoms in total. The van der Waals surface area contributed by atoms with E-state index < -0.39 is 12.0 Å². The van der Waals surface area contributed by atoms with Crippen LogP contribution < -0.4 is 5.32 Å². The van der Waals surface area contributed by atoms with E-state index in [-0.39, 0.29) is 18.2 Å². The number of nitriles is 1. The molecule has 0 aromatic heterocycles. The lowest BCUT2D eigenvalue weighted by Gasteiger charge is -2.20. The third kappa shape index (κ3) is 4.36. The van der Waals surface area contributed by atoms with Crippen molar-refractivity contribution in [3.8, 4) is 6.07 Å². The summed E-state index contributed by atoms with van der Waals surface area (Å²) in [6.07, 6.45) is 4.96. The number of nitrogens with one attached hydrogen (secondary N) is 1. The van der Waals surface area contributed by atoms with E-state index in [9.17, 15) is 9.59 Å². The van der Waals surface area contributed by atoms with Gasteiger partial charge >= 0.3 is 5.97 Å². The molecule has 100 valence electrons. The number of amides is 1. The molecule has 0 bridgehead atoms. The molecular formula is C13H20N2O3. The summed E-state index contributed by atoms with van der Waals surface area (Å²) in [5.74, 6) is -1.26. The first-order valence-electron chi connectivity index (χ1n) is 6.43. The van der Waals surface area contributed by atoms with Crippen molar-refractivity contribution in [1.29, 1.82) is 5.26 Å². The molecule has 2 N–H and O–H groups in total. The van der Waals surface area contributed by atoms with E-state index >= 15 is 0 Å². The molecule has 1 fully saturated rings. The Kier molecular flexibility index (Phi) is 5.63. The van der Waals surface area contributed by atoms with E-state index in [0.29, 0.717) is 12.3 Å². The normalized spacial score (nSPS) is 18.9. The van der Waals surface area contributed by atoms with Gasteiger partial charge in [0.15, 0.2) is 0 Å². The van der Waals surface area contributed by atoms with Gasteiger partial charge in [0.25, 0.3) is 0 Å². The average molecular weight is 252 g/mol. The Bertz CT molecular complexity index is 343. The molecule has 0 aliphatic heterocycles. The quantitative estimate of drug-likeness (QED) is 0.752. The third-order valence-electron chi connectivity index (χ3n) is 3.51. The summed E-state index contributed by atoms with van der Waals surface area (Å²) >= 11 is 0. The number of aliphatic carboxylic acids is 1. The second-order valence-electron chi connectivity index (χ2n) is 5.08. The average Bonchev–Trinajstić information content (AvgIpc) is 2.78. The van der Waals surface area contributed by atoms with Gasteiger partial charge in [-0.2, -0.15) is 5.26 Å². The Morgan fingerprint density at radius 1 is 1.44 bits per heavy atom. The van der Waals surface area contributed by atoms with Gasteiger partial charge in [0, 0.05) is 18.8 Å². The molecule has 0 saturated heterocycles. The molecule has 1 aliphatic rings. The van der Waals surface area contributed by atoms with Crippen LogP contribution in [0.1, 0.15) is 45.4 Å². The summed E-state index contributed by atoms with van der Waals surface area (Å²) in [5, 5.41) is 20.2. The zero-order valence-corrected chi connectivity index (χ0v) is 10.7. The maximum Gasteiger partial charge on any atom is 0.326 e. The van der Waals surface area contributed by atoms with Crippen molar-refractivity contribution >= 4 is 11.9 Å². The topological polar surface area (TPSA) is 90.2 Å². The van der Waals surface area contributed by atoms with Crippen molar-refractivity contribution in [1.82, 2.24) is 5.32 Å². The summed E-state index contributed by atoms with van der Waals surface area (Å²) < 4.78 is 0. The minimum Gasteiger partial charge on any atom is -0.480 e. The number of rotatable bonds is 6. The number of carboxylic acid groups (broad SMARTS) is 1. The van der Waals surface area contributed by atoms with Crippen molar-refractivity contribution in [3.63, 3.8) is 0 Å². The fourth-order valence-corrected chi connectivity index (χ4v) is 2.42. The second-order valence-corrected chi connectivity index (χ2v) is 5.08. The standard InChI is InChI=1S/C13H20N2O3/c1-9(6-7-14)12(13(17)18)15-11(16)8-10-4-2-3-5-10/h9-10,12H,2-6,8H2,1H3,(H,15,16)(H,17,18)/t9-,12-/m1/s1. The highest BCUT2D eigenvalue weighted by Gasteiger charge is 2.27. The van der Waals surface area contributed by atoms with Gasteiger partial charge in [-0.15, -0.1) is 0 Å². The van der Waals surface area contributed by atoms with Crippen LogP contribution in [0.4, 0.5) is 0 Å². The molecule has 0 heterocycles. The first-order valence-corrected chi connectivity index (χ1v) is 6.43. The van der Waals surface area contributed by atoms with Gasteiger partial charge in [0.1, 0.15) is 6.04 Å². The van der Waals surface area contributed by atoms with Crippen LogP contribution in [0.2, 0.25) is 0 Å². The van der Waals surface area contributed by atoms with Crippen LogP contribution in [0.5, 0.6) is 0 Å². The summed E-state index contributed by atoms with van der Waals surface area (Å²) in [6.45, 7) is 1.66. The molecule has 0 spiro atoms. The van der Waals surface area contributed by atoms with Crippen LogP contribution >= 0.6 is 0 Å². The van der Waals surface area contributed by atoms with Crippen molar-refractivity contribution in [2.24, 2.45) is 11.8 Å². The number of hydrogen-bond donors (Lipinski definition) is 2. The number of carbonyl (C=O) groups is 2. The zero-order chi connectivity index (χ0) is 13.5. The minimum absolute atomic E-state index is 0.126. The van der Waals surface area contributed by atoms with E-state index in [1.54, 1.807) is 6.92 Å². The van der Waals surface area contributed by atoms with E-state index in [2.05, 4.69) is 5.32 Å². The van der Waals surface area contributed by atoms with E-state index in [1.807, 2.05) is 6.07 Å². The molecule has 5 heteroatoms. The number of carboxylic acids is 1. The Balaban J connectivity index is 2.47. The lowest BCUT2D eigenvalue weighted by molar-refractivity contribution is -0.143. The van der Waals surface area contributed by atoms with Gasteiger partial charge < -0.3 is 10.4 Å². The van der Waals surface area contributed by atoms with Crippen LogP contribution in [-0.4, -0.2) is 23.0 Å². The lowest BCUT2D eigenvalue weighted by atomic mass is 9.97. The first-order chi connectivity index (χ1) is 8.54. The molecule has 0 aromatic rings. The zero-order valence-electron chi connectivity index (χ0n) is 10.7. The molecule has 18 heavy (non-hydrogen) atoms. The Morgan fingerprint density at radius 3 is 2.56 bits per heavy atom. The number of nitrogens with zero attached hydrogens (tertiary/aromatic N) is 1. The highest BCUT2D eigenvalue weighted by molar-refractivity contribution is 5.83. The molecule has 0 radical (unpaired) electrons. The van der Waals surface area contributed by atoms with Crippen LogP contribution in [-0.2, 0) is 9.59 Å². The minimum atomic E-state index is -1.07. The van der Waals surface area contributed by atoms with Gasteiger partial charge in [-0.3, -0.25) is 4.79 Å². The fourth-order valence-electron chi connectivity index (χ4n) is 2.42. The summed E-state index contributed by atoms with van der Waals surface area (Å²) in [7, 11) is 0. The largest absolute Gasteiger partial charge is 0.480 e. The van der Waals surface area contributed by atoms with Crippen LogP contribution in [0.15, 0.2) is 0 Å². The maximum absolute atomic E-state index is 11.8. The van der Waals surface area contributed by atoms with Gasteiger partial charge in [-0.25, -0.2) is 4.79 Å². The molecule has 2 atom stereocenters. The predicted molar refractivity (Wildman–Crippen MR) is 65.5 cm³/mol. The first kappa shape index (κ1) is 14.5. The van der Waals surface area contributed by atoms with Crippen LogP contribution in [0, 0.1) is 23.2 Å². The molecule has 1 amide bonds. The van der Waals surface area contributed by atoms with Gasteiger partial charge in [-0.05, 0) is 18.8 Å². The second kappa shape index (κ2) is 7.00. The van der Waals surface area contributed by atoms with Crippen molar-refractivity contribution in [2.45, 2.75) is 51.5 Å². The van der Waals surface area contributed by atoms with Crippen LogP contribution in [0.3, 0.4) is 0 Å². The lowest BCUT2D eigenvalue weighted by Crippen LogP contribution is -2.45. The molecular weight excluding hydrogens is 232 g/mol. The highest BCUT2D eigenvalue weighted by atomic mass is 16.4. The van der Waals surface area contributed by atoms with Crippen molar-refractivity contribution in [3.05, 3.63) is 0 Å². The Labute approximate surface area is 107 Å². The van der Waals surface area contributed by atoms with Gasteiger partial charge in [0.2, 0.25) is 5.91 Å². The Morgan fingerprint density at radius 2 is 2.06 bits per heavy atom. The van der Waals surface area contributed by atoms with Crippen molar-refractivity contribution < 1.29 is 14.7 Å². The smallest absolute Gasteiger partial charge is 0.326 e. The number of carbonyl (C=O) groups excluding carboxylic acids is 1. The SMILES string of the molecule is C[C@H](CC#N)[C@@H](NC(=O)CC1CCCC1)C(=O)O. The highest BCUT2D eigenvalue weighted by Crippen LogP contribution is 2.27. The summed E-state index contributed by atoms with van der Waals surface area (Å²) in [5.41, 5.74) is 0. The summed E-state index contributed by atoms with van der Waals surface area (Å²) in [6, 6.07) is 0.975. The van der Waals surface area contributed by atoms with E-state index in [1.165, 1.54) is 0 Å². The molecule has 0 aromatic carbocycles. The molecule has 1 aliphatic carbocycles. The van der Waals surface area contributed by atoms with E-state index in [4.69, 9.17) is 10.4 Å². The van der Waals surface area contributed by atoms with Gasteiger partial charge in [-0.1, -0.05) is 19.8 Å². The number of hydrogen-bond acceptors (Lipinski definition) is 3. The summed E-state index contributed by atoms with van der Waals surface area (Å²) in [4.78, 5) is 22.8. The predicted octanol–water partition coefficient (Wildman–Crippen LogP) is 1.69. The van der Waals surface area contributed by atoms with Crippen LogP contribution in [0.25, 0.3) is 0 Å². The monoisotopic (exact) mass is 252 g/mol.